The van der Waals surface area contributed by atoms with Crippen molar-refractivity contribution in [3.63, 3.8) is 0 Å². The number of hydrogen-bond donors (Lipinski definition) is 0. The van der Waals surface area contributed by atoms with Crippen molar-refractivity contribution in [1.82, 2.24) is 9.97 Å². The summed E-state index contributed by atoms with van der Waals surface area (Å²) in [6.45, 7) is 3.83. The third kappa shape index (κ3) is 1.24. The molecule has 0 radical (unpaired) electrons. The molecule has 0 aromatic carbocycles. The Labute approximate surface area is 88.3 Å². The summed E-state index contributed by atoms with van der Waals surface area (Å²) < 4.78 is 0. The molecule has 2 aliphatic rings. The number of hydrogen-bond acceptors (Lipinski definition) is 3. The minimum atomic E-state index is 0.190. The average Bonchev–Trinajstić information content (AvgIpc) is 2.91. The topological polar surface area (TPSA) is 46.1 Å². The maximum absolute atomic E-state index is 11.8. The van der Waals surface area contributed by atoms with Gasteiger partial charge in [0.15, 0.2) is 0 Å². The lowest BCUT2D eigenvalue weighted by molar-refractivity contribution is -0.117. The first-order valence-electron chi connectivity index (χ1n) is 5.33. The molecule has 1 amide bonds. The van der Waals surface area contributed by atoms with Crippen LogP contribution in [0, 0.1) is 13.8 Å². The van der Waals surface area contributed by atoms with Crippen LogP contribution in [0.5, 0.6) is 0 Å². The fraction of sp³-hybridized carbons (Fsp3) is 0.545. The summed E-state index contributed by atoms with van der Waals surface area (Å²) in [6, 6.07) is 0.410. The Balaban J connectivity index is 2.14. The second-order valence-electron chi connectivity index (χ2n) is 4.33. The summed E-state index contributed by atoms with van der Waals surface area (Å²) in [5, 5.41) is 0. The second-order valence-corrected chi connectivity index (χ2v) is 4.33. The van der Waals surface area contributed by atoms with Gasteiger partial charge in [-0.15, -0.1) is 0 Å². The quantitative estimate of drug-likeness (QED) is 0.687. The number of carbonyl (C=O) groups is 1. The molecule has 4 nitrogen and oxygen atoms in total. The monoisotopic (exact) mass is 203 g/mol. The lowest BCUT2D eigenvalue weighted by Gasteiger charge is -2.15. The van der Waals surface area contributed by atoms with Crippen molar-refractivity contribution in [1.29, 1.82) is 0 Å². The lowest BCUT2D eigenvalue weighted by atomic mass is 10.2. The van der Waals surface area contributed by atoms with Gasteiger partial charge in [-0.05, 0) is 26.7 Å². The molecule has 78 valence electrons. The van der Waals surface area contributed by atoms with Gasteiger partial charge >= 0.3 is 0 Å². The molecule has 0 unspecified atom stereocenters. The molecular formula is C11H13N3O. The van der Waals surface area contributed by atoms with E-state index in [2.05, 4.69) is 9.97 Å². The highest BCUT2D eigenvalue weighted by Gasteiger charge is 2.40. The Bertz CT molecular complexity index is 451. The third-order valence-corrected chi connectivity index (χ3v) is 3.04. The molecule has 0 bridgehead atoms. The molecule has 1 saturated carbocycles. The van der Waals surface area contributed by atoms with Crippen LogP contribution in [0.15, 0.2) is 0 Å². The van der Waals surface area contributed by atoms with Crippen molar-refractivity contribution in [2.75, 3.05) is 4.90 Å². The van der Waals surface area contributed by atoms with E-state index in [4.69, 9.17) is 0 Å². The standard InChI is InChI=1S/C11H13N3O/c1-6-9-5-10(15)14(8-3-4-8)11(9)13-7(2)12-6/h8H,3-5H2,1-2H3. The third-order valence-electron chi connectivity index (χ3n) is 3.04. The molecule has 15 heavy (non-hydrogen) atoms. The lowest BCUT2D eigenvalue weighted by Crippen LogP contribution is -2.29. The maximum Gasteiger partial charge on any atom is 0.233 e. The van der Waals surface area contributed by atoms with E-state index in [-0.39, 0.29) is 5.91 Å². The normalized spacial score (nSPS) is 19.6. The van der Waals surface area contributed by atoms with Crippen molar-refractivity contribution in [3.8, 4) is 0 Å². The zero-order valence-electron chi connectivity index (χ0n) is 8.95. The largest absolute Gasteiger partial charge is 0.293 e. The Hall–Kier alpha value is -1.45. The first-order chi connectivity index (χ1) is 7.16. The minimum absolute atomic E-state index is 0.190. The Morgan fingerprint density at radius 1 is 1.27 bits per heavy atom. The van der Waals surface area contributed by atoms with Gasteiger partial charge in [0.05, 0.1) is 6.42 Å². The summed E-state index contributed by atoms with van der Waals surface area (Å²) in [6.07, 6.45) is 2.72. The first kappa shape index (κ1) is 8.83. The fourth-order valence-corrected chi connectivity index (χ4v) is 2.19. The predicted octanol–water partition coefficient (Wildman–Crippen LogP) is 1.14. The molecule has 0 spiro atoms. The molecule has 2 heterocycles. The molecule has 0 N–H and O–H groups in total. The molecule has 1 aliphatic heterocycles. The number of aromatic nitrogens is 2. The first-order valence-corrected chi connectivity index (χ1v) is 5.33. The highest BCUT2D eigenvalue weighted by molar-refractivity contribution is 6.01. The van der Waals surface area contributed by atoms with Gasteiger partial charge in [0, 0.05) is 17.3 Å². The van der Waals surface area contributed by atoms with Crippen molar-refractivity contribution in [2.24, 2.45) is 0 Å². The van der Waals surface area contributed by atoms with Crippen LogP contribution < -0.4 is 4.90 Å². The fourth-order valence-electron chi connectivity index (χ4n) is 2.19. The molecule has 3 rings (SSSR count). The zero-order chi connectivity index (χ0) is 10.6. The van der Waals surface area contributed by atoms with Crippen LogP contribution in [-0.2, 0) is 11.2 Å². The van der Waals surface area contributed by atoms with E-state index < -0.39 is 0 Å². The molecule has 0 atom stereocenters. The number of carbonyl (C=O) groups excluding carboxylic acids is 1. The van der Waals surface area contributed by atoms with E-state index in [1.807, 2.05) is 18.7 Å². The van der Waals surface area contributed by atoms with Gasteiger partial charge in [0.25, 0.3) is 0 Å². The molecule has 0 saturated heterocycles. The second kappa shape index (κ2) is 2.78. The van der Waals surface area contributed by atoms with Crippen LogP contribution in [0.3, 0.4) is 0 Å². The van der Waals surface area contributed by atoms with E-state index in [0.29, 0.717) is 12.5 Å². The van der Waals surface area contributed by atoms with E-state index in [9.17, 15) is 4.79 Å². The number of rotatable bonds is 1. The Kier molecular flexibility index (Phi) is 1.63. The average molecular weight is 203 g/mol. The minimum Gasteiger partial charge on any atom is -0.293 e. The Morgan fingerprint density at radius 3 is 2.67 bits per heavy atom. The predicted molar refractivity (Wildman–Crippen MR) is 55.7 cm³/mol. The van der Waals surface area contributed by atoms with Crippen molar-refractivity contribution >= 4 is 11.7 Å². The number of fused-ring (bicyclic) bond motifs is 1. The smallest absolute Gasteiger partial charge is 0.233 e. The van der Waals surface area contributed by atoms with Gasteiger partial charge in [0.2, 0.25) is 5.91 Å². The Morgan fingerprint density at radius 2 is 2.00 bits per heavy atom. The van der Waals surface area contributed by atoms with Gasteiger partial charge < -0.3 is 0 Å². The van der Waals surface area contributed by atoms with Crippen LogP contribution in [0.1, 0.15) is 29.9 Å². The van der Waals surface area contributed by atoms with Gasteiger partial charge in [0.1, 0.15) is 11.6 Å². The van der Waals surface area contributed by atoms with E-state index in [1.54, 1.807) is 0 Å². The number of aryl methyl sites for hydroxylation is 2. The van der Waals surface area contributed by atoms with Crippen molar-refractivity contribution in [2.45, 2.75) is 39.2 Å². The van der Waals surface area contributed by atoms with Crippen LogP contribution in [0.2, 0.25) is 0 Å². The summed E-state index contributed by atoms with van der Waals surface area (Å²) in [4.78, 5) is 22.4. The molecule has 1 fully saturated rings. The van der Waals surface area contributed by atoms with Crippen molar-refractivity contribution < 1.29 is 4.79 Å². The number of nitrogens with zero attached hydrogens (tertiary/aromatic N) is 3. The highest BCUT2D eigenvalue weighted by Crippen LogP contribution is 2.37. The summed E-state index contributed by atoms with van der Waals surface area (Å²) in [7, 11) is 0. The van der Waals surface area contributed by atoms with Gasteiger partial charge in [-0.25, -0.2) is 9.97 Å². The zero-order valence-corrected chi connectivity index (χ0v) is 8.95. The summed E-state index contributed by atoms with van der Waals surface area (Å²) >= 11 is 0. The van der Waals surface area contributed by atoms with Gasteiger partial charge in [-0.1, -0.05) is 0 Å². The van der Waals surface area contributed by atoms with E-state index in [0.717, 1.165) is 35.7 Å². The summed E-state index contributed by atoms with van der Waals surface area (Å²) in [5.41, 5.74) is 1.98. The van der Waals surface area contributed by atoms with Gasteiger partial charge in [-0.2, -0.15) is 0 Å². The van der Waals surface area contributed by atoms with Crippen LogP contribution in [-0.4, -0.2) is 21.9 Å². The molecule has 1 aromatic heterocycles. The van der Waals surface area contributed by atoms with E-state index in [1.165, 1.54) is 0 Å². The SMILES string of the molecule is Cc1nc(C)c2c(n1)N(C1CC1)C(=O)C2. The molecular weight excluding hydrogens is 190 g/mol. The summed E-state index contributed by atoms with van der Waals surface area (Å²) in [5.74, 6) is 1.81. The van der Waals surface area contributed by atoms with Gasteiger partial charge in [-0.3, -0.25) is 9.69 Å². The number of amides is 1. The molecule has 1 aromatic rings. The molecule has 4 heteroatoms. The van der Waals surface area contributed by atoms with Crippen LogP contribution in [0.4, 0.5) is 5.82 Å². The maximum atomic E-state index is 11.8. The van der Waals surface area contributed by atoms with Crippen LogP contribution >= 0.6 is 0 Å². The van der Waals surface area contributed by atoms with E-state index >= 15 is 0 Å². The highest BCUT2D eigenvalue weighted by atomic mass is 16.2. The number of anilines is 1. The van der Waals surface area contributed by atoms with Crippen molar-refractivity contribution in [3.05, 3.63) is 17.1 Å². The molecule has 1 aliphatic carbocycles. The van der Waals surface area contributed by atoms with Crippen LogP contribution in [0.25, 0.3) is 0 Å².